The summed E-state index contributed by atoms with van der Waals surface area (Å²) in [5.74, 6) is 0.115. The Morgan fingerprint density at radius 3 is 2.72 bits per heavy atom. The Bertz CT molecular complexity index is 741. The first kappa shape index (κ1) is 17.2. The van der Waals surface area contributed by atoms with Crippen molar-refractivity contribution in [1.82, 2.24) is 15.0 Å². The second-order valence-corrected chi connectivity index (χ2v) is 6.40. The number of carbonyl (C=O) groups excluding carboxylic acids is 2. The summed E-state index contributed by atoms with van der Waals surface area (Å²) in [6, 6.07) is 11.6. The predicted molar refractivity (Wildman–Crippen MR) is 92.8 cm³/mol. The lowest BCUT2D eigenvalue weighted by Gasteiger charge is -2.31. The zero-order valence-electron chi connectivity index (χ0n) is 14.6. The number of hydrogen-bond donors (Lipinski definition) is 0. The monoisotopic (exact) mass is 341 g/mol. The van der Waals surface area contributed by atoms with Crippen molar-refractivity contribution >= 4 is 11.8 Å². The summed E-state index contributed by atoms with van der Waals surface area (Å²) in [5, 5.41) is 3.78. The molecular formula is C19H23N3O3. The average Bonchev–Trinajstić information content (AvgIpc) is 3.00. The number of aryl methyl sites for hydroxylation is 1. The lowest BCUT2D eigenvalue weighted by atomic mass is 10.1. The summed E-state index contributed by atoms with van der Waals surface area (Å²) in [5.41, 5.74) is 1.77. The van der Waals surface area contributed by atoms with E-state index in [4.69, 9.17) is 4.52 Å². The third-order valence-electron chi connectivity index (χ3n) is 4.58. The molecule has 0 saturated carbocycles. The van der Waals surface area contributed by atoms with Gasteiger partial charge >= 0.3 is 0 Å². The largest absolute Gasteiger partial charge is 0.351 e. The van der Waals surface area contributed by atoms with Gasteiger partial charge in [-0.25, -0.2) is 0 Å². The van der Waals surface area contributed by atoms with Gasteiger partial charge in [0.2, 0.25) is 11.7 Å². The van der Waals surface area contributed by atoms with Gasteiger partial charge in [-0.2, -0.15) is 0 Å². The van der Waals surface area contributed by atoms with Crippen LogP contribution in [-0.4, -0.2) is 45.9 Å². The highest BCUT2D eigenvalue weighted by Gasteiger charge is 2.32. The lowest BCUT2D eigenvalue weighted by molar-refractivity contribution is -0.133. The van der Waals surface area contributed by atoms with Crippen LogP contribution < -0.4 is 0 Å². The molecule has 0 unspecified atom stereocenters. The molecule has 0 spiro atoms. The smallest absolute Gasteiger partial charge is 0.292 e. The molecule has 2 aromatic rings. The predicted octanol–water partition coefficient (Wildman–Crippen LogP) is 2.64. The minimum atomic E-state index is -0.201. The summed E-state index contributed by atoms with van der Waals surface area (Å²) >= 11 is 0. The van der Waals surface area contributed by atoms with Crippen LogP contribution in [0.2, 0.25) is 0 Å². The van der Waals surface area contributed by atoms with E-state index in [1.54, 1.807) is 17.9 Å². The zero-order chi connectivity index (χ0) is 17.8. The van der Waals surface area contributed by atoms with Crippen molar-refractivity contribution in [2.45, 2.75) is 39.3 Å². The van der Waals surface area contributed by atoms with Crippen LogP contribution in [0.4, 0.5) is 0 Å². The standard InChI is InChI=1S/C19H23N3O3/c1-3-16-13-21(19(24)17-11-14(2)20-25-17)10-9-18(23)22(16)12-15-7-5-4-6-8-15/h4-8,11,16H,3,9-10,12-13H2,1-2H3/t16-/m0/s1. The van der Waals surface area contributed by atoms with Crippen LogP contribution in [0.5, 0.6) is 0 Å². The Morgan fingerprint density at radius 2 is 2.08 bits per heavy atom. The van der Waals surface area contributed by atoms with Gasteiger partial charge in [-0.05, 0) is 18.9 Å². The molecule has 0 N–H and O–H groups in total. The molecule has 3 rings (SSSR count). The van der Waals surface area contributed by atoms with Gasteiger partial charge in [-0.1, -0.05) is 42.4 Å². The zero-order valence-corrected chi connectivity index (χ0v) is 14.6. The van der Waals surface area contributed by atoms with E-state index < -0.39 is 0 Å². The Kier molecular flexibility index (Phi) is 5.16. The molecule has 2 heterocycles. The average molecular weight is 341 g/mol. The van der Waals surface area contributed by atoms with Crippen LogP contribution in [0, 0.1) is 6.92 Å². The Morgan fingerprint density at radius 1 is 1.32 bits per heavy atom. The van der Waals surface area contributed by atoms with Crippen LogP contribution in [-0.2, 0) is 11.3 Å². The van der Waals surface area contributed by atoms with Crippen molar-refractivity contribution in [3.05, 3.63) is 53.4 Å². The van der Waals surface area contributed by atoms with Crippen molar-refractivity contribution in [1.29, 1.82) is 0 Å². The third kappa shape index (κ3) is 3.90. The molecule has 6 heteroatoms. The van der Waals surface area contributed by atoms with Gasteiger partial charge in [-0.15, -0.1) is 0 Å². The Labute approximate surface area is 147 Å². The first-order valence-corrected chi connectivity index (χ1v) is 8.64. The van der Waals surface area contributed by atoms with Crippen molar-refractivity contribution in [3.8, 4) is 0 Å². The number of aromatic nitrogens is 1. The van der Waals surface area contributed by atoms with Crippen LogP contribution in [0.25, 0.3) is 0 Å². The van der Waals surface area contributed by atoms with Crippen molar-refractivity contribution in [2.75, 3.05) is 13.1 Å². The second-order valence-electron chi connectivity index (χ2n) is 6.40. The molecule has 1 fully saturated rings. The topological polar surface area (TPSA) is 66.7 Å². The van der Waals surface area contributed by atoms with E-state index in [9.17, 15) is 9.59 Å². The van der Waals surface area contributed by atoms with Gasteiger partial charge in [0.1, 0.15) is 0 Å². The summed E-state index contributed by atoms with van der Waals surface area (Å²) in [7, 11) is 0. The molecule has 6 nitrogen and oxygen atoms in total. The quantitative estimate of drug-likeness (QED) is 0.857. The van der Waals surface area contributed by atoms with Gasteiger partial charge in [0.15, 0.2) is 0 Å². The van der Waals surface area contributed by atoms with E-state index in [2.05, 4.69) is 5.16 Å². The van der Waals surface area contributed by atoms with Gasteiger partial charge < -0.3 is 14.3 Å². The van der Waals surface area contributed by atoms with Gasteiger partial charge in [-0.3, -0.25) is 9.59 Å². The number of rotatable bonds is 4. The molecule has 0 radical (unpaired) electrons. The molecule has 1 aromatic heterocycles. The Hall–Kier alpha value is -2.63. The van der Waals surface area contributed by atoms with E-state index in [0.29, 0.717) is 31.7 Å². The SMILES string of the molecule is CC[C@H]1CN(C(=O)c2cc(C)no2)CCC(=O)N1Cc1ccccc1. The molecule has 25 heavy (non-hydrogen) atoms. The maximum atomic E-state index is 12.7. The van der Waals surface area contributed by atoms with Crippen LogP contribution in [0.15, 0.2) is 40.9 Å². The van der Waals surface area contributed by atoms with Gasteiger partial charge in [0.25, 0.3) is 5.91 Å². The van der Waals surface area contributed by atoms with E-state index in [1.165, 1.54) is 0 Å². The summed E-state index contributed by atoms with van der Waals surface area (Å²) in [4.78, 5) is 28.9. The minimum absolute atomic E-state index is 0.0109. The molecule has 0 aliphatic carbocycles. The fourth-order valence-electron chi connectivity index (χ4n) is 3.17. The third-order valence-corrected chi connectivity index (χ3v) is 4.58. The van der Waals surface area contributed by atoms with Crippen LogP contribution >= 0.6 is 0 Å². The fourth-order valence-corrected chi connectivity index (χ4v) is 3.17. The maximum absolute atomic E-state index is 12.7. The molecule has 0 bridgehead atoms. The molecule has 1 saturated heterocycles. The fraction of sp³-hybridized carbons (Fsp3) is 0.421. The first-order valence-electron chi connectivity index (χ1n) is 8.64. The number of amides is 2. The molecule has 1 aliphatic heterocycles. The first-order chi connectivity index (χ1) is 12.1. The van der Waals surface area contributed by atoms with Crippen molar-refractivity contribution in [2.24, 2.45) is 0 Å². The van der Waals surface area contributed by atoms with E-state index in [-0.39, 0.29) is 23.6 Å². The maximum Gasteiger partial charge on any atom is 0.292 e. The summed E-state index contributed by atoms with van der Waals surface area (Å²) in [6.45, 7) is 5.31. The van der Waals surface area contributed by atoms with Crippen LogP contribution in [0.1, 0.15) is 41.6 Å². The molecule has 1 aliphatic rings. The number of benzene rings is 1. The van der Waals surface area contributed by atoms with Crippen molar-refractivity contribution < 1.29 is 14.1 Å². The number of nitrogens with zero attached hydrogens (tertiary/aromatic N) is 3. The highest BCUT2D eigenvalue weighted by Crippen LogP contribution is 2.19. The molecule has 132 valence electrons. The number of carbonyl (C=O) groups is 2. The molecule has 1 atom stereocenters. The summed E-state index contributed by atoms with van der Waals surface area (Å²) < 4.78 is 5.10. The van der Waals surface area contributed by atoms with Crippen LogP contribution in [0.3, 0.4) is 0 Å². The normalized spacial score (nSPS) is 18.3. The Balaban J connectivity index is 1.77. The van der Waals surface area contributed by atoms with Crippen molar-refractivity contribution in [3.63, 3.8) is 0 Å². The summed E-state index contributed by atoms with van der Waals surface area (Å²) in [6.07, 6.45) is 1.11. The van der Waals surface area contributed by atoms with E-state index >= 15 is 0 Å². The number of hydrogen-bond acceptors (Lipinski definition) is 4. The minimum Gasteiger partial charge on any atom is -0.351 e. The molecular weight excluding hydrogens is 318 g/mol. The van der Waals surface area contributed by atoms with E-state index in [0.717, 1.165) is 12.0 Å². The molecule has 1 aromatic carbocycles. The highest BCUT2D eigenvalue weighted by atomic mass is 16.5. The van der Waals surface area contributed by atoms with E-state index in [1.807, 2.05) is 42.2 Å². The molecule has 2 amide bonds. The lowest BCUT2D eigenvalue weighted by Crippen LogP contribution is -2.43. The highest BCUT2D eigenvalue weighted by molar-refractivity contribution is 5.92. The van der Waals surface area contributed by atoms with Gasteiger partial charge in [0, 0.05) is 38.2 Å². The van der Waals surface area contributed by atoms with Gasteiger partial charge in [0.05, 0.1) is 5.69 Å². The second kappa shape index (κ2) is 7.51.